The third kappa shape index (κ3) is 4.63. The number of benzene rings is 2. The molecule has 0 spiro atoms. The van der Waals surface area contributed by atoms with Crippen LogP contribution in [0.25, 0.3) is 11.1 Å². The normalized spacial score (nSPS) is 11.4. The van der Waals surface area contributed by atoms with E-state index in [-0.39, 0.29) is 34.1 Å². The van der Waals surface area contributed by atoms with Crippen molar-refractivity contribution in [2.24, 2.45) is 7.05 Å². The molecule has 1 N–H and O–H groups in total. The number of aromatic nitrogens is 2. The molecule has 8 nitrogen and oxygen atoms in total. The second kappa shape index (κ2) is 8.45. The van der Waals surface area contributed by atoms with Crippen molar-refractivity contribution < 1.29 is 23.2 Å². The van der Waals surface area contributed by atoms with Gasteiger partial charge in [-0.15, -0.1) is 0 Å². The zero-order valence-electron chi connectivity index (χ0n) is 18.6. The molecule has 32 heavy (non-hydrogen) atoms. The van der Waals surface area contributed by atoms with Gasteiger partial charge in [-0.3, -0.25) is 14.8 Å². The second-order valence-electron chi connectivity index (χ2n) is 8.17. The summed E-state index contributed by atoms with van der Waals surface area (Å²) < 4.78 is 41.6. The van der Waals surface area contributed by atoms with Crippen LogP contribution < -0.4 is 14.8 Å². The summed E-state index contributed by atoms with van der Waals surface area (Å²) in [4.78, 5) is 11.1. The Balaban J connectivity index is 2.12. The van der Waals surface area contributed by atoms with Crippen molar-refractivity contribution in [1.29, 1.82) is 0 Å². The third-order valence-electron chi connectivity index (χ3n) is 4.57. The summed E-state index contributed by atoms with van der Waals surface area (Å²) in [5.74, 6) is -1.14. The molecular weight excluding hydrogens is 422 g/mol. The van der Waals surface area contributed by atoms with Gasteiger partial charge < -0.3 is 14.8 Å². The van der Waals surface area contributed by atoms with Gasteiger partial charge in [0.25, 0.3) is 5.69 Å². The Kier molecular flexibility index (Phi) is 6.07. The van der Waals surface area contributed by atoms with Gasteiger partial charge in [-0.1, -0.05) is 0 Å². The first-order valence-electron chi connectivity index (χ1n) is 9.72. The molecule has 0 unspecified atom stereocenters. The maximum absolute atomic E-state index is 14.8. The lowest BCUT2D eigenvalue weighted by Crippen LogP contribution is -2.23. The van der Waals surface area contributed by atoms with E-state index in [1.807, 2.05) is 20.8 Å². The van der Waals surface area contributed by atoms with Gasteiger partial charge in [0.1, 0.15) is 40.2 Å². The fraction of sp³-hybridized carbons (Fsp3) is 0.318. The Morgan fingerprint density at radius 3 is 2.25 bits per heavy atom. The molecule has 1 heterocycles. The van der Waals surface area contributed by atoms with Crippen molar-refractivity contribution in [3.8, 4) is 22.6 Å². The number of hydrogen-bond acceptors (Lipinski definition) is 6. The molecular formula is C22H24F2N4O4. The lowest BCUT2D eigenvalue weighted by molar-refractivity contribution is -0.384. The fourth-order valence-electron chi connectivity index (χ4n) is 3.32. The van der Waals surface area contributed by atoms with Crippen LogP contribution in [-0.4, -0.2) is 27.4 Å². The van der Waals surface area contributed by atoms with Gasteiger partial charge >= 0.3 is 0 Å². The van der Waals surface area contributed by atoms with Crippen LogP contribution in [-0.2, 0) is 7.05 Å². The zero-order valence-corrected chi connectivity index (χ0v) is 18.6. The van der Waals surface area contributed by atoms with Gasteiger partial charge in [-0.05, 0) is 39.8 Å². The molecule has 0 saturated carbocycles. The number of methoxy groups -OCH3 is 1. The van der Waals surface area contributed by atoms with Gasteiger partial charge in [0.2, 0.25) is 0 Å². The van der Waals surface area contributed by atoms with Crippen molar-refractivity contribution in [2.45, 2.75) is 33.3 Å². The fourth-order valence-corrected chi connectivity index (χ4v) is 3.32. The van der Waals surface area contributed by atoms with E-state index in [1.165, 1.54) is 23.9 Å². The first-order valence-corrected chi connectivity index (χ1v) is 9.72. The summed E-state index contributed by atoms with van der Waals surface area (Å²) >= 11 is 0. The molecule has 0 amide bonds. The summed E-state index contributed by atoms with van der Waals surface area (Å²) in [5.41, 5.74) is -0.502. The highest BCUT2D eigenvalue weighted by molar-refractivity contribution is 5.83. The number of nitro groups is 1. The standard InChI is InChI=1S/C22H24F2N4O4/c1-12-19(20-15(23)9-14(31-6)10-16(20)24)21(27(5)26-12)25-17-8-7-13(32-22(2,3)4)11-18(17)28(29)30/h7-11,25H,1-6H3. The largest absolute Gasteiger partial charge is 0.497 e. The molecule has 0 atom stereocenters. The number of hydrogen-bond donors (Lipinski definition) is 1. The molecule has 10 heteroatoms. The van der Waals surface area contributed by atoms with Gasteiger partial charge in [0, 0.05) is 19.2 Å². The lowest BCUT2D eigenvalue weighted by atomic mass is 10.0. The van der Waals surface area contributed by atoms with E-state index >= 15 is 0 Å². The van der Waals surface area contributed by atoms with Crippen molar-refractivity contribution in [2.75, 3.05) is 12.4 Å². The minimum Gasteiger partial charge on any atom is -0.497 e. The van der Waals surface area contributed by atoms with Gasteiger partial charge in [0.15, 0.2) is 0 Å². The molecule has 0 aliphatic heterocycles. The number of rotatable bonds is 6. The Morgan fingerprint density at radius 1 is 1.09 bits per heavy atom. The number of anilines is 2. The van der Waals surface area contributed by atoms with E-state index < -0.39 is 22.2 Å². The third-order valence-corrected chi connectivity index (χ3v) is 4.57. The summed E-state index contributed by atoms with van der Waals surface area (Å²) in [6, 6.07) is 6.49. The minimum atomic E-state index is -0.843. The smallest absolute Gasteiger partial charge is 0.296 e. The van der Waals surface area contributed by atoms with Crippen molar-refractivity contribution >= 4 is 17.2 Å². The molecule has 0 aliphatic carbocycles. The zero-order chi connectivity index (χ0) is 23.8. The Morgan fingerprint density at radius 2 is 1.72 bits per heavy atom. The number of aryl methyl sites for hydroxylation is 2. The molecule has 3 aromatic rings. The molecule has 3 rings (SSSR count). The molecule has 0 saturated heterocycles. The molecule has 0 aliphatic rings. The number of nitrogens with one attached hydrogen (secondary N) is 1. The number of halogens is 2. The predicted molar refractivity (Wildman–Crippen MR) is 117 cm³/mol. The van der Waals surface area contributed by atoms with E-state index in [2.05, 4.69) is 10.4 Å². The number of ether oxygens (including phenoxy) is 2. The highest BCUT2D eigenvalue weighted by Crippen LogP contribution is 2.40. The highest BCUT2D eigenvalue weighted by atomic mass is 19.1. The SMILES string of the molecule is COc1cc(F)c(-c2c(C)nn(C)c2Nc2ccc(OC(C)(C)C)cc2[N+](=O)[O-])c(F)c1. The number of nitro benzene ring substituents is 1. The summed E-state index contributed by atoms with van der Waals surface area (Å²) in [6.45, 7) is 7.08. The Hall–Kier alpha value is -3.69. The van der Waals surface area contributed by atoms with Gasteiger partial charge in [-0.25, -0.2) is 8.78 Å². The van der Waals surface area contributed by atoms with Crippen LogP contribution in [0.5, 0.6) is 11.5 Å². The lowest BCUT2D eigenvalue weighted by Gasteiger charge is -2.21. The second-order valence-corrected chi connectivity index (χ2v) is 8.17. The van der Waals surface area contributed by atoms with Crippen LogP contribution in [0.15, 0.2) is 30.3 Å². The monoisotopic (exact) mass is 446 g/mol. The molecule has 170 valence electrons. The first kappa shape index (κ1) is 23.0. The number of nitrogens with zero attached hydrogens (tertiary/aromatic N) is 3. The molecule has 0 radical (unpaired) electrons. The highest BCUT2D eigenvalue weighted by Gasteiger charge is 2.25. The van der Waals surface area contributed by atoms with E-state index in [9.17, 15) is 18.9 Å². The predicted octanol–water partition coefficient (Wildman–Crippen LogP) is 5.51. The van der Waals surface area contributed by atoms with E-state index in [4.69, 9.17) is 9.47 Å². The maximum Gasteiger partial charge on any atom is 0.296 e. The van der Waals surface area contributed by atoms with Crippen LogP contribution in [0.4, 0.5) is 26.0 Å². The Labute approximate surface area is 183 Å². The molecule has 2 aromatic carbocycles. The Bertz CT molecular complexity index is 1160. The molecule has 0 bridgehead atoms. The molecule has 1 aromatic heterocycles. The van der Waals surface area contributed by atoms with E-state index in [0.29, 0.717) is 11.4 Å². The average Bonchev–Trinajstić information content (AvgIpc) is 2.94. The van der Waals surface area contributed by atoms with Crippen LogP contribution in [0.2, 0.25) is 0 Å². The quantitative estimate of drug-likeness (QED) is 0.396. The average molecular weight is 446 g/mol. The van der Waals surface area contributed by atoms with Crippen LogP contribution in [0, 0.1) is 28.7 Å². The van der Waals surface area contributed by atoms with E-state index in [0.717, 1.165) is 12.1 Å². The van der Waals surface area contributed by atoms with Crippen molar-refractivity contribution in [3.63, 3.8) is 0 Å². The summed E-state index contributed by atoms with van der Waals surface area (Å²) in [7, 11) is 2.88. The first-order chi connectivity index (χ1) is 14.9. The van der Waals surface area contributed by atoms with Gasteiger partial charge in [-0.2, -0.15) is 5.10 Å². The topological polar surface area (TPSA) is 91.5 Å². The summed E-state index contributed by atoms with van der Waals surface area (Å²) in [6.07, 6.45) is 0. The van der Waals surface area contributed by atoms with Crippen molar-refractivity contribution in [3.05, 3.63) is 57.8 Å². The minimum absolute atomic E-state index is 0.0323. The van der Waals surface area contributed by atoms with Gasteiger partial charge in [0.05, 0.1) is 34.9 Å². The van der Waals surface area contributed by atoms with Crippen molar-refractivity contribution in [1.82, 2.24) is 9.78 Å². The molecule has 0 fully saturated rings. The van der Waals surface area contributed by atoms with Crippen LogP contribution in [0.1, 0.15) is 26.5 Å². The van der Waals surface area contributed by atoms with E-state index in [1.54, 1.807) is 20.0 Å². The maximum atomic E-state index is 14.8. The summed E-state index contributed by atoms with van der Waals surface area (Å²) in [5, 5.41) is 18.9. The van der Waals surface area contributed by atoms with Crippen LogP contribution >= 0.6 is 0 Å². The van der Waals surface area contributed by atoms with Crippen LogP contribution in [0.3, 0.4) is 0 Å².